The number of aryl methyl sites for hydroxylation is 1. The smallest absolute Gasteiger partial charge is 0.261 e. The molecule has 25 heavy (non-hydrogen) atoms. The number of amides is 1. The lowest BCUT2D eigenvalue weighted by Crippen LogP contribution is -2.67. The Bertz CT molecular complexity index is 867. The summed E-state index contributed by atoms with van der Waals surface area (Å²) in [5.41, 5.74) is 2.55. The van der Waals surface area contributed by atoms with Crippen LogP contribution in [0.2, 0.25) is 0 Å². The van der Waals surface area contributed by atoms with Crippen LogP contribution < -0.4 is 5.32 Å². The standard InChI is InChI=1S/C19H21F2N3O/c20-19(21)8-18(9-22-10-19)11-23(12-18)17(25)16-13-4-1-2-5-14(13)24-7-3-6-15(16)24/h1-2,4-5,22H,3,6-12H2. The Kier molecular flexibility index (Phi) is 3.08. The molecule has 0 bridgehead atoms. The van der Waals surface area contributed by atoms with Crippen molar-refractivity contribution in [2.45, 2.75) is 31.7 Å². The summed E-state index contributed by atoms with van der Waals surface area (Å²) >= 11 is 0. The quantitative estimate of drug-likeness (QED) is 0.863. The van der Waals surface area contributed by atoms with Gasteiger partial charge in [-0.1, -0.05) is 18.2 Å². The third-order valence-corrected chi connectivity index (χ3v) is 5.94. The van der Waals surface area contributed by atoms with Crippen molar-refractivity contribution >= 4 is 16.8 Å². The van der Waals surface area contributed by atoms with Gasteiger partial charge < -0.3 is 14.8 Å². The number of benzene rings is 1. The van der Waals surface area contributed by atoms with E-state index in [9.17, 15) is 13.6 Å². The predicted molar refractivity (Wildman–Crippen MR) is 91.0 cm³/mol. The Morgan fingerprint density at radius 1 is 1.16 bits per heavy atom. The number of carbonyl (C=O) groups is 1. The van der Waals surface area contributed by atoms with E-state index in [4.69, 9.17) is 0 Å². The molecule has 3 aliphatic heterocycles. The van der Waals surface area contributed by atoms with Crippen molar-refractivity contribution in [3.63, 3.8) is 0 Å². The monoisotopic (exact) mass is 345 g/mol. The second-order valence-electron chi connectivity index (χ2n) is 7.89. The third-order valence-electron chi connectivity index (χ3n) is 5.94. The van der Waals surface area contributed by atoms with Gasteiger partial charge in [-0.2, -0.15) is 0 Å². The molecule has 1 spiro atoms. The van der Waals surface area contributed by atoms with Crippen LogP contribution in [0.3, 0.4) is 0 Å². The van der Waals surface area contributed by atoms with Crippen LogP contribution in [0, 0.1) is 5.41 Å². The molecule has 4 nitrogen and oxygen atoms in total. The molecule has 0 unspecified atom stereocenters. The van der Waals surface area contributed by atoms with Gasteiger partial charge in [0.2, 0.25) is 0 Å². The number of rotatable bonds is 1. The molecule has 3 aliphatic rings. The molecule has 4 heterocycles. The molecule has 0 atom stereocenters. The molecule has 2 saturated heterocycles. The molecule has 5 rings (SSSR count). The van der Waals surface area contributed by atoms with Crippen LogP contribution in [0.15, 0.2) is 24.3 Å². The fourth-order valence-corrected chi connectivity index (χ4v) is 4.99. The van der Waals surface area contributed by atoms with Crippen molar-refractivity contribution in [3.8, 4) is 0 Å². The summed E-state index contributed by atoms with van der Waals surface area (Å²) in [6.45, 7) is 2.12. The summed E-state index contributed by atoms with van der Waals surface area (Å²) < 4.78 is 29.7. The van der Waals surface area contributed by atoms with Crippen LogP contribution in [0.4, 0.5) is 8.78 Å². The maximum atomic E-state index is 13.7. The first kappa shape index (κ1) is 15.3. The summed E-state index contributed by atoms with van der Waals surface area (Å²) in [7, 11) is 0. The number of fused-ring (bicyclic) bond motifs is 3. The van der Waals surface area contributed by atoms with Crippen molar-refractivity contribution in [1.29, 1.82) is 0 Å². The summed E-state index contributed by atoms with van der Waals surface area (Å²) in [5, 5.41) is 3.84. The maximum absolute atomic E-state index is 13.7. The van der Waals surface area contributed by atoms with E-state index in [1.54, 1.807) is 4.90 Å². The number of alkyl halides is 2. The van der Waals surface area contributed by atoms with Gasteiger partial charge in [0.15, 0.2) is 0 Å². The molecular weight excluding hydrogens is 324 g/mol. The molecule has 2 fully saturated rings. The first-order valence-electron chi connectivity index (χ1n) is 8.96. The van der Waals surface area contributed by atoms with Crippen molar-refractivity contribution in [1.82, 2.24) is 14.8 Å². The number of aromatic nitrogens is 1. The molecule has 0 aliphatic carbocycles. The fourth-order valence-electron chi connectivity index (χ4n) is 4.99. The van der Waals surface area contributed by atoms with Gasteiger partial charge in [-0.3, -0.25) is 4.79 Å². The second kappa shape index (κ2) is 5.04. The molecule has 1 aromatic heterocycles. The van der Waals surface area contributed by atoms with Gasteiger partial charge >= 0.3 is 0 Å². The minimum absolute atomic E-state index is 0.00589. The second-order valence-corrected chi connectivity index (χ2v) is 7.89. The van der Waals surface area contributed by atoms with Gasteiger partial charge in [-0.05, 0) is 18.9 Å². The molecule has 1 aromatic carbocycles. The van der Waals surface area contributed by atoms with E-state index >= 15 is 0 Å². The number of para-hydroxylation sites is 1. The van der Waals surface area contributed by atoms with E-state index in [1.807, 2.05) is 18.2 Å². The zero-order valence-electron chi connectivity index (χ0n) is 14.0. The Morgan fingerprint density at radius 3 is 2.76 bits per heavy atom. The van der Waals surface area contributed by atoms with Crippen LogP contribution in [0.25, 0.3) is 10.9 Å². The summed E-state index contributed by atoms with van der Waals surface area (Å²) in [6.07, 6.45) is 1.85. The van der Waals surface area contributed by atoms with Crippen LogP contribution in [0.1, 0.15) is 28.9 Å². The molecule has 6 heteroatoms. The lowest BCUT2D eigenvalue weighted by molar-refractivity contribution is -0.111. The SMILES string of the molecule is O=C(c1c2n(c3ccccc13)CCC2)N1CC2(CNCC(F)(F)C2)C1. The van der Waals surface area contributed by atoms with Crippen LogP contribution >= 0.6 is 0 Å². The Morgan fingerprint density at radius 2 is 1.96 bits per heavy atom. The zero-order valence-corrected chi connectivity index (χ0v) is 14.0. The molecular formula is C19H21F2N3O. The van der Waals surface area contributed by atoms with Crippen LogP contribution in [-0.2, 0) is 13.0 Å². The van der Waals surface area contributed by atoms with E-state index in [2.05, 4.69) is 16.0 Å². The normalized spacial score (nSPS) is 23.7. The number of nitrogens with one attached hydrogen (secondary N) is 1. The molecule has 1 N–H and O–H groups in total. The first-order valence-corrected chi connectivity index (χ1v) is 8.96. The van der Waals surface area contributed by atoms with Gasteiger partial charge in [-0.25, -0.2) is 8.78 Å². The topological polar surface area (TPSA) is 37.3 Å². The van der Waals surface area contributed by atoms with Gasteiger partial charge in [0, 0.05) is 54.6 Å². The molecule has 0 radical (unpaired) electrons. The maximum Gasteiger partial charge on any atom is 0.261 e. The Balaban J connectivity index is 1.45. The predicted octanol–water partition coefficient (Wildman–Crippen LogP) is 2.66. The average Bonchev–Trinajstić information content (AvgIpc) is 3.11. The number of piperidine rings is 1. The van der Waals surface area contributed by atoms with Gasteiger partial charge in [0.25, 0.3) is 11.8 Å². The third kappa shape index (κ3) is 2.23. The number of carbonyl (C=O) groups excluding carboxylic acids is 1. The number of nitrogens with zero attached hydrogens (tertiary/aromatic N) is 2. The highest BCUT2D eigenvalue weighted by Gasteiger charge is 2.53. The minimum Gasteiger partial charge on any atom is -0.344 e. The zero-order chi connectivity index (χ0) is 17.2. The summed E-state index contributed by atoms with van der Waals surface area (Å²) in [4.78, 5) is 14.9. The fraction of sp³-hybridized carbons (Fsp3) is 0.526. The average molecular weight is 345 g/mol. The minimum atomic E-state index is -2.67. The molecule has 0 saturated carbocycles. The van der Waals surface area contributed by atoms with Gasteiger partial charge in [0.05, 0.1) is 12.1 Å². The number of likely N-dealkylation sites (tertiary alicyclic amines) is 1. The van der Waals surface area contributed by atoms with Crippen LogP contribution in [0.5, 0.6) is 0 Å². The van der Waals surface area contributed by atoms with E-state index in [0.29, 0.717) is 19.6 Å². The molecule has 132 valence electrons. The van der Waals surface area contributed by atoms with Crippen LogP contribution in [-0.4, -0.2) is 47.5 Å². The first-order chi connectivity index (χ1) is 12.0. The number of hydrogen-bond donors (Lipinski definition) is 1. The van der Waals surface area contributed by atoms with E-state index in [1.165, 1.54) is 0 Å². The lowest BCUT2D eigenvalue weighted by atomic mass is 9.72. The van der Waals surface area contributed by atoms with Crippen molar-refractivity contribution < 1.29 is 13.6 Å². The highest BCUT2D eigenvalue weighted by atomic mass is 19.3. The Labute approximate surface area is 144 Å². The molecule has 1 amide bonds. The number of hydrogen-bond acceptors (Lipinski definition) is 2. The van der Waals surface area contributed by atoms with E-state index in [0.717, 1.165) is 41.5 Å². The highest BCUT2D eigenvalue weighted by Crippen LogP contribution is 2.43. The van der Waals surface area contributed by atoms with Crippen molar-refractivity contribution in [2.75, 3.05) is 26.2 Å². The lowest BCUT2D eigenvalue weighted by Gasteiger charge is -2.53. The van der Waals surface area contributed by atoms with Crippen molar-refractivity contribution in [2.24, 2.45) is 5.41 Å². The Hall–Kier alpha value is -1.95. The van der Waals surface area contributed by atoms with Crippen molar-refractivity contribution in [3.05, 3.63) is 35.5 Å². The van der Waals surface area contributed by atoms with Gasteiger partial charge in [0.1, 0.15) is 0 Å². The molecule has 2 aromatic rings. The summed E-state index contributed by atoms with van der Waals surface area (Å²) in [6, 6.07) is 8.01. The summed E-state index contributed by atoms with van der Waals surface area (Å²) in [5.74, 6) is -2.66. The number of halogens is 2. The van der Waals surface area contributed by atoms with E-state index < -0.39 is 11.3 Å². The highest BCUT2D eigenvalue weighted by molar-refractivity contribution is 6.09. The van der Waals surface area contributed by atoms with Gasteiger partial charge in [-0.15, -0.1) is 0 Å². The van der Waals surface area contributed by atoms with E-state index in [-0.39, 0.29) is 18.9 Å². The largest absolute Gasteiger partial charge is 0.344 e.